The Morgan fingerprint density at radius 1 is 1.50 bits per heavy atom. The summed E-state index contributed by atoms with van der Waals surface area (Å²) >= 11 is 3.55. The van der Waals surface area contributed by atoms with Crippen LogP contribution in [0.1, 0.15) is 18.3 Å². The van der Waals surface area contributed by atoms with Crippen molar-refractivity contribution in [2.24, 2.45) is 7.05 Å². The first-order valence-electron chi connectivity index (χ1n) is 5.48. The summed E-state index contributed by atoms with van der Waals surface area (Å²) in [6.45, 7) is 2.74. The van der Waals surface area contributed by atoms with E-state index >= 15 is 0 Å². The summed E-state index contributed by atoms with van der Waals surface area (Å²) in [5.74, 6) is 0. The second-order valence-electron chi connectivity index (χ2n) is 4.30. The van der Waals surface area contributed by atoms with Gasteiger partial charge >= 0.3 is 0 Å². The quantitative estimate of drug-likeness (QED) is 0.886. The Morgan fingerprint density at radius 3 is 2.56 bits per heavy atom. The summed E-state index contributed by atoms with van der Waals surface area (Å²) in [6, 6.07) is 0. The van der Waals surface area contributed by atoms with Crippen LogP contribution in [0.15, 0.2) is 4.47 Å². The van der Waals surface area contributed by atoms with Crippen LogP contribution in [0.4, 0.5) is 0 Å². The Hall–Kier alpha value is -0.390. The van der Waals surface area contributed by atoms with Gasteiger partial charge in [0.2, 0.25) is 0 Å². The second kappa shape index (κ2) is 5.80. The van der Waals surface area contributed by atoms with Crippen molar-refractivity contribution in [2.75, 3.05) is 20.6 Å². The number of likely N-dealkylation sites (N-methyl/N-ethyl adjacent to an activating group) is 1. The lowest BCUT2D eigenvalue weighted by atomic mass is 10.1. The van der Waals surface area contributed by atoms with Gasteiger partial charge in [-0.3, -0.25) is 4.68 Å². The van der Waals surface area contributed by atoms with Crippen LogP contribution in [0, 0.1) is 0 Å². The number of halogens is 1. The van der Waals surface area contributed by atoms with Crippen LogP contribution >= 0.6 is 15.9 Å². The second-order valence-corrected chi connectivity index (χ2v) is 5.10. The van der Waals surface area contributed by atoms with Gasteiger partial charge in [0.15, 0.2) is 0 Å². The molecule has 1 atom stereocenters. The molecule has 0 spiro atoms. The lowest BCUT2D eigenvalue weighted by molar-refractivity contribution is 0.135. The first-order valence-corrected chi connectivity index (χ1v) is 6.28. The third-order valence-electron chi connectivity index (χ3n) is 2.51. The average molecular weight is 290 g/mol. The molecule has 0 bridgehead atoms. The minimum absolute atomic E-state index is 0.355. The predicted molar refractivity (Wildman–Crippen MR) is 68.6 cm³/mol. The van der Waals surface area contributed by atoms with E-state index in [-0.39, 0.29) is 6.10 Å². The molecule has 0 saturated heterocycles. The summed E-state index contributed by atoms with van der Waals surface area (Å²) in [7, 11) is 5.83. The zero-order chi connectivity index (χ0) is 12.3. The Bertz CT molecular complexity index is 349. The van der Waals surface area contributed by atoms with Crippen LogP contribution in [0.25, 0.3) is 0 Å². The fourth-order valence-electron chi connectivity index (χ4n) is 1.75. The van der Waals surface area contributed by atoms with E-state index in [1.54, 1.807) is 0 Å². The van der Waals surface area contributed by atoms with E-state index in [4.69, 9.17) is 0 Å². The van der Waals surface area contributed by atoms with Gasteiger partial charge in [-0.05, 0) is 36.4 Å². The Balaban J connectivity index is 2.76. The Labute approximate surface area is 105 Å². The molecule has 0 amide bonds. The van der Waals surface area contributed by atoms with Gasteiger partial charge < -0.3 is 10.0 Å². The van der Waals surface area contributed by atoms with E-state index in [2.05, 4.69) is 28.0 Å². The topological polar surface area (TPSA) is 41.3 Å². The molecule has 1 heterocycles. The van der Waals surface area contributed by atoms with Crippen LogP contribution in [0.2, 0.25) is 0 Å². The molecule has 0 fully saturated rings. The lowest BCUT2D eigenvalue weighted by Gasteiger charge is -2.16. The fourth-order valence-corrected chi connectivity index (χ4v) is 2.53. The number of aryl methyl sites for hydroxylation is 2. The lowest BCUT2D eigenvalue weighted by Crippen LogP contribution is -2.28. The number of aliphatic hydroxyl groups is 1. The normalized spacial score (nSPS) is 13.4. The molecule has 1 N–H and O–H groups in total. The molecule has 0 aliphatic rings. The zero-order valence-electron chi connectivity index (χ0n) is 10.4. The molecular formula is C11H20BrN3O. The van der Waals surface area contributed by atoms with Gasteiger partial charge in [0.25, 0.3) is 0 Å². The standard InChI is InChI=1S/C11H20BrN3O/c1-5-9-11(12)10(15(4)13-9)6-8(16)7-14(2)3/h8,16H,5-7H2,1-4H3. The molecular weight excluding hydrogens is 270 g/mol. The molecule has 16 heavy (non-hydrogen) atoms. The van der Waals surface area contributed by atoms with Crippen molar-refractivity contribution in [3.63, 3.8) is 0 Å². The van der Waals surface area contributed by atoms with Crippen LogP contribution in [-0.4, -0.2) is 46.5 Å². The van der Waals surface area contributed by atoms with Gasteiger partial charge in [0.05, 0.1) is 22.0 Å². The van der Waals surface area contributed by atoms with Crippen LogP contribution in [0.5, 0.6) is 0 Å². The summed E-state index contributed by atoms with van der Waals surface area (Å²) in [4.78, 5) is 1.98. The number of hydrogen-bond acceptors (Lipinski definition) is 3. The van der Waals surface area contributed by atoms with E-state index in [1.165, 1.54) is 0 Å². The van der Waals surface area contributed by atoms with Gasteiger partial charge in [0.1, 0.15) is 0 Å². The molecule has 92 valence electrons. The van der Waals surface area contributed by atoms with Crippen molar-refractivity contribution in [1.29, 1.82) is 0 Å². The summed E-state index contributed by atoms with van der Waals surface area (Å²) in [5, 5.41) is 14.3. The van der Waals surface area contributed by atoms with Crippen molar-refractivity contribution < 1.29 is 5.11 Å². The van der Waals surface area contributed by atoms with Gasteiger partial charge in [-0.2, -0.15) is 5.10 Å². The molecule has 1 aromatic rings. The van der Waals surface area contributed by atoms with Crippen molar-refractivity contribution in [3.05, 3.63) is 15.9 Å². The minimum atomic E-state index is -0.355. The maximum absolute atomic E-state index is 9.90. The molecule has 1 unspecified atom stereocenters. The maximum atomic E-state index is 9.90. The highest BCUT2D eigenvalue weighted by molar-refractivity contribution is 9.10. The molecule has 0 aliphatic carbocycles. The summed E-state index contributed by atoms with van der Waals surface area (Å²) in [6.07, 6.45) is 1.17. The van der Waals surface area contributed by atoms with E-state index in [0.29, 0.717) is 13.0 Å². The summed E-state index contributed by atoms with van der Waals surface area (Å²) in [5.41, 5.74) is 2.11. The highest BCUT2D eigenvalue weighted by Gasteiger charge is 2.16. The van der Waals surface area contributed by atoms with Gasteiger partial charge in [0, 0.05) is 20.0 Å². The van der Waals surface area contributed by atoms with Crippen LogP contribution < -0.4 is 0 Å². The molecule has 0 saturated carbocycles. The van der Waals surface area contributed by atoms with Crippen molar-refractivity contribution in [1.82, 2.24) is 14.7 Å². The number of hydrogen-bond donors (Lipinski definition) is 1. The third kappa shape index (κ3) is 3.30. The third-order valence-corrected chi connectivity index (χ3v) is 3.42. The van der Waals surface area contributed by atoms with E-state index in [1.807, 2.05) is 30.7 Å². The van der Waals surface area contributed by atoms with Gasteiger partial charge in [-0.15, -0.1) is 0 Å². The molecule has 0 radical (unpaired) electrons. The van der Waals surface area contributed by atoms with Crippen molar-refractivity contribution >= 4 is 15.9 Å². The first kappa shape index (κ1) is 13.7. The summed E-state index contributed by atoms with van der Waals surface area (Å²) < 4.78 is 2.89. The Morgan fingerprint density at radius 2 is 2.12 bits per heavy atom. The predicted octanol–water partition coefficient (Wildman–Crippen LogP) is 1.21. The van der Waals surface area contributed by atoms with Crippen LogP contribution in [0.3, 0.4) is 0 Å². The van der Waals surface area contributed by atoms with E-state index < -0.39 is 0 Å². The molecule has 0 aliphatic heterocycles. The average Bonchev–Trinajstić information content (AvgIpc) is 2.44. The number of aromatic nitrogens is 2. The SMILES string of the molecule is CCc1nn(C)c(CC(O)CN(C)C)c1Br. The first-order chi connectivity index (χ1) is 7.45. The largest absolute Gasteiger partial charge is 0.391 e. The van der Waals surface area contributed by atoms with E-state index in [9.17, 15) is 5.11 Å². The van der Waals surface area contributed by atoms with Crippen molar-refractivity contribution in [3.8, 4) is 0 Å². The zero-order valence-corrected chi connectivity index (χ0v) is 12.0. The number of rotatable bonds is 5. The minimum Gasteiger partial charge on any atom is -0.391 e. The maximum Gasteiger partial charge on any atom is 0.0766 e. The van der Waals surface area contributed by atoms with Crippen molar-refractivity contribution in [2.45, 2.75) is 25.9 Å². The van der Waals surface area contributed by atoms with Gasteiger partial charge in [-0.1, -0.05) is 6.92 Å². The Kier molecular flexibility index (Phi) is 4.95. The molecule has 1 rings (SSSR count). The molecule has 5 heteroatoms. The van der Waals surface area contributed by atoms with Gasteiger partial charge in [-0.25, -0.2) is 0 Å². The highest BCUT2D eigenvalue weighted by atomic mass is 79.9. The fraction of sp³-hybridized carbons (Fsp3) is 0.727. The highest BCUT2D eigenvalue weighted by Crippen LogP contribution is 2.22. The molecule has 1 aromatic heterocycles. The van der Waals surface area contributed by atoms with Crippen LogP contribution in [-0.2, 0) is 19.9 Å². The number of aliphatic hydroxyl groups excluding tert-OH is 1. The van der Waals surface area contributed by atoms with E-state index in [0.717, 1.165) is 22.3 Å². The molecule has 0 aromatic carbocycles. The smallest absolute Gasteiger partial charge is 0.0766 e. The molecule has 4 nitrogen and oxygen atoms in total. The number of nitrogens with zero attached hydrogens (tertiary/aromatic N) is 3. The monoisotopic (exact) mass is 289 g/mol.